The van der Waals surface area contributed by atoms with Crippen LogP contribution in [0.5, 0.6) is 11.6 Å². The van der Waals surface area contributed by atoms with Gasteiger partial charge in [0.2, 0.25) is 11.8 Å². The third kappa shape index (κ3) is 5.07. The van der Waals surface area contributed by atoms with Gasteiger partial charge in [-0.1, -0.05) is 29.8 Å². The summed E-state index contributed by atoms with van der Waals surface area (Å²) in [6.07, 6.45) is 4.07. The van der Waals surface area contributed by atoms with E-state index >= 15 is 0 Å². The number of aromatic nitrogens is 2. The van der Waals surface area contributed by atoms with Crippen LogP contribution in [-0.4, -0.2) is 39.8 Å². The van der Waals surface area contributed by atoms with Gasteiger partial charge >= 0.3 is 0 Å². The van der Waals surface area contributed by atoms with Crippen LogP contribution in [-0.2, 0) is 16.1 Å². The highest BCUT2D eigenvalue weighted by atomic mass is 35.5. The van der Waals surface area contributed by atoms with Crippen LogP contribution >= 0.6 is 11.6 Å². The monoisotopic (exact) mass is 465 g/mol. The fourth-order valence-electron chi connectivity index (χ4n) is 4.23. The van der Waals surface area contributed by atoms with Gasteiger partial charge in [0.25, 0.3) is 0 Å². The second kappa shape index (κ2) is 9.57. The Morgan fingerprint density at radius 1 is 1.15 bits per heavy atom. The fraction of sp³-hybridized carbons (Fsp3) is 0.385. The summed E-state index contributed by atoms with van der Waals surface area (Å²) in [7, 11) is 0. The first-order valence-corrected chi connectivity index (χ1v) is 11.9. The number of carbonyl (C=O) groups excluding carboxylic acids is 1. The maximum atomic E-state index is 13.2. The van der Waals surface area contributed by atoms with E-state index in [4.69, 9.17) is 26.2 Å². The molecule has 1 saturated carbocycles. The second-order valence-electron chi connectivity index (χ2n) is 8.80. The zero-order valence-corrected chi connectivity index (χ0v) is 19.5. The minimum Gasteiger partial charge on any atom is -0.439 e. The number of hydrogen-bond donors (Lipinski definition) is 0. The molecule has 2 aromatic carbocycles. The van der Waals surface area contributed by atoms with Crippen molar-refractivity contribution < 1.29 is 14.3 Å². The first-order chi connectivity index (χ1) is 16.1. The van der Waals surface area contributed by atoms with Gasteiger partial charge in [0, 0.05) is 24.1 Å². The van der Waals surface area contributed by atoms with Crippen LogP contribution in [0.15, 0.2) is 54.6 Å². The Balaban J connectivity index is 1.51. The van der Waals surface area contributed by atoms with E-state index in [1.54, 1.807) is 12.1 Å². The van der Waals surface area contributed by atoms with Crippen molar-refractivity contribution in [1.29, 1.82) is 0 Å². The molecule has 0 bridgehead atoms. The van der Waals surface area contributed by atoms with Gasteiger partial charge < -0.3 is 14.4 Å². The first kappa shape index (κ1) is 22.0. The van der Waals surface area contributed by atoms with Crippen molar-refractivity contribution in [1.82, 2.24) is 14.7 Å². The van der Waals surface area contributed by atoms with Crippen LogP contribution in [0.3, 0.4) is 0 Å². The maximum absolute atomic E-state index is 13.2. The standard InChI is InChI=1S/C26H28ClN3O3/c1-18-24(17-29(25(31)19-9-10-19)16-23-8-5-15-32-23)26(33-22-13-11-20(27)12-14-22)30(28-18)21-6-3-2-4-7-21/h2-4,6-7,11-14,19,23H,5,8-10,15-17H2,1H3/t23-/m1/s1. The van der Waals surface area contributed by atoms with E-state index < -0.39 is 0 Å². The SMILES string of the molecule is Cc1nn(-c2ccccc2)c(Oc2ccc(Cl)cc2)c1CN(C[C@H]1CCCO1)C(=O)C1CC1. The lowest BCUT2D eigenvalue weighted by molar-refractivity contribution is -0.134. The van der Waals surface area contributed by atoms with E-state index in [1.165, 1.54) is 0 Å². The summed E-state index contributed by atoms with van der Waals surface area (Å²) in [6.45, 7) is 3.78. The number of halogens is 1. The van der Waals surface area contributed by atoms with Crippen molar-refractivity contribution in [2.24, 2.45) is 5.92 Å². The molecule has 7 heteroatoms. The van der Waals surface area contributed by atoms with Crippen LogP contribution in [0.1, 0.15) is 36.9 Å². The molecular weight excluding hydrogens is 438 g/mol. The lowest BCUT2D eigenvalue weighted by Gasteiger charge is -2.26. The fourth-order valence-corrected chi connectivity index (χ4v) is 4.36. The van der Waals surface area contributed by atoms with Crippen LogP contribution in [0, 0.1) is 12.8 Å². The third-order valence-corrected chi connectivity index (χ3v) is 6.45. The summed E-state index contributed by atoms with van der Waals surface area (Å²) in [5, 5.41) is 5.44. The maximum Gasteiger partial charge on any atom is 0.227 e. The third-order valence-electron chi connectivity index (χ3n) is 6.20. The molecule has 1 aliphatic heterocycles. The van der Waals surface area contributed by atoms with E-state index in [-0.39, 0.29) is 17.9 Å². The normalized spacial score (nSPS) is 17.8. The summed E-state index contributed by atoms with van der Waals surface area (Å²) in [5.41, 5.74) is 2.64. The molecule has 1 amide bonds. The number of hydrogen-bond acceptors (Lipinski definition) is 4. The van der Waals surface area contributed by atoms with Gasteiger partial charge in [0.1, 0.15) is 5.75 Å². The highest BCUT2D eigenvalue weighted by Gasteiger charge is 2.36. The zero-order chi connectivity index (χ0) is 22.8. The van der Waals surface area contributed by atoms with Gasteiger partial charge in [0.15, 0.2) is 0 Å². The molecule has 0 N–H and O–H groups in total. The van der Waals surface area contributed by atoms with Crippen molar-refractivity contribution >= 4 is 17.5 Å². The predicted octanol–water partition coefficient (Wildman–Crippen LogP) is 5.54. The summed E-state index contributed by atoms with van der Waals surface area (Å²) in [4.78, 5) is 15.1. The Labute approximate surface area is 199 Å². The van der Waals surface area contributed by atoms with Crippen molar-refractivity contribution in [3.8, 4) is 17.3 Å². The number of nitrogens with zero attached hydrogens (tertiary/aromatic N) is 3. The van der Waals surface area contributed by atoms with Crippen LogP contribution in [0.25, 0.3) is 5.69 Å². The molecule has 2 heterocycles. The highest BCUT2D eigenvalue weighted by molar-refractivity contribution is 6.30. The molecule has 33 heavy (non-hydrogen) atoms. The quantitative estimate of drug-likeness (QED) is 0.438. The first-order valence-electron chi connectivity index (χ1n) is 11.6. The highest BCUT2D eigenvalue weighted by Crippen LogP contribution is 2.35. The van der Waals surface area contributed by atoms with Crippen molar-refractivity contribution in [2.45, 2.75) is 45.3 Å². The van der Waals surface area contributed by atoms with Gasteiger partial charge in [0.05, 0.1) is 29.6 Å². The Kier molecular flexibility index (Phi) is 6.38. The van der Waals surface area contributed by atoms with E-state index in [0.717, 1.165) is 49.2 Å². The second-order valence-corrected chi connectivity index (χ2v) is 9.24. The number of rotatable bonds is 8. The number of amides is 1. The molecule has 1 aromatic heterocycles. The van der Waals surface area contributed by atoms with E-state index in [2.05, 4.69) is 0 Å². The van der Waals surface area contributed by atoms with E-state index in [1.807, 2.05) is 59.0 Å². The molecule has 172 valence electrons. The minimum absolute atomic E-state index is 0.0952. The number of carbonyl (C=O) groups is 1. The Morgan fingerprint density at radius 2 is 1.91 bits per heavy atom. The number of benzene rings is 2. The Morgan fingerprint density at radius 3 is 2.58 bits per heavy atom. The molecular formula is C26H28ClN3O3. The zero-order valence-electron chi connectivity index (χ0n) is 18.7. The summed E-state index contributed by atoms with van der Waals surface area (Å²) in [6, 6.07) is 17.2. The molecule has 0 spiro atoms. The van der Waals surface area contributed by atoms with Gasteiger partial charge in [-0.2, -0.15) is 5.10 Å². The minimum atomic E-state index is 0.0952. The number of para-hydroxylation sites is 1. The van der Waals surface area contributed by atoms with Crippen molar-refractivity contribution in [2.75, 3.05) is 13.2 Å². The molecule has 1 aliphatic carbocycles. The summed E-state index contributed by atoms with van der Waals surface area (Å²) < 4.78 is 14.0. The molecule has 1 saturated heterocycles. The molecule has 5 rings (SSSR count). The van der Waals surface area contributed by atoms with Crippen LogP contribution in [0.2, 0.25) is 5.02 Å². The van der Waals surface area contributed by atoms with Crippen molar-refractivity contribution in [3.05, 3.63) is 70.9 Å². The van der Waals surface area contributed by atoms with E-state index in [9.17, 15) is 4.79 Å². The molecule has 1 atom stereocenters. The largest absolute Gasteiger partial charge is 0.439 e. The molecule has 2 fully saturated rings. The Hall–Kier alpha value is -2.83. The molecule has 0 radical (unpaired) electrons. The van der Waals surface area contributed by atoms with Crippen LogP contribution < -0.4 is 4.74 Å². The average Bonchev–Trinajstić information content (AvgIpc) is 3.48. The number of aryl methyl sites for hydroxylation is 1. The van der Waals surface area contributed by atoms with Gasteiger partial charge in [-0.15, -0.1) is 0 Å². The molecule has 3 aromatic rings. The van der Waals surface area contributed by atoms with Gasteiger partial charge in [-0.05, 0) is 69.0 Å². The van der Waals surface area contributed by atoms with Gasteiger partial charge in [-0.3, -0.25) is 4.79 Å². The summed E-state index contributed by atoms with van der Waals surface area (Å²) >= 11 is 6.07. The average molecular weight is 466 g/mol. The lowest BCUT2D eigenvalue weighted by atomic mass is 10.1. The molecule has 6 nitrogen and oxygen atoms in total. The van der Waals surface area contributed by atoms with E-state index in [0.29, 0.717) is 29.7 Å². The van der Waals surface area contributed by atoms with Crippen molar-refractivity contribution in [3.63, 3.8) is 0 Å². The topological polar surface area (TPSA) is 56.6 Å². The summed E-state index contributed by atoms with van der Waals surface area (Å²) in [5.74, 6) is 1.62. The smallest absolute Gasteiger partial charge is 0.227 e. The van der Waals surface area contributed by atoms with Gasteiger partial charge in [-0.25, -0.2) is 4.68 Å². The Bertz CT molecular complexity index is 1100. The molecule has 2 aliphatic rings. The number of ether oxygens (including phenoxy) is 2. The lowest BCUT2D eigenvalue weighted by Crippen LogP contribution is -2.38. The predicted molar refractivity (Wildman–Crippen MR) is 127 cm³/mol. The van der Waals surface area contributed by atoms with Crippen LogP contribution in [0.4, 0.5) is 0 Å². The molecule has 0 unspecified atom stereocenters.